The molecule has 2 amide bonds. The summed E-state index contributed by atoms with van der Waals surface area (Å²) in [4.78, 5) is 34.8. The molecule has 4 aromatic rings. The summed E-state index contributed by atoms with van der Waals surface area (Å²) >= 11 is 7.13. The molecule has 3 heterocycles. The van der Waals surface area contributed by atoms with Crippen LogP contribution in [0.1, 0.15) is 36.3 Å². The molecule has 48 heavy (non-hydrogen) atoms. The number of ether oxygens (including phenoxy) is 2. The van der Waals surface area contributed by atoms with E-state index in [4.69, 9.17) is 25.9 Å². The molecule has 1 N–H and O–H groups in total. The minimum absolute atomic E-state index is 0.0433. The molecule has 2 saturated heterocycles. The summed E-state index contributed by atoms with van der Waals surface area (Å²) in [5, 5.41) is 0.576. The number of piperazine rings is 1. The van der Waals surface area contributed by atoms with Crippen molar-refractivity contribution in [2.24, 2.45) is 0 Å². The van der Waals surface area contributed by atoms with E-state index in [1.54, 1.807) is 18.2 Å². The minimum atomic E-state index is -4.14. The van der Waals surface area contributed by atoms with Crippen molar-refractivity contribution in [1.82, 2.24) is 14.7 Å². The van der Waals surface area contributed by atoms with E-state index in [0.717, 1.165) is 61.2 Å². The summed E-state index contributed by atoms with van der Waals surface area (Å²) in [5.41, 5.74) is 7.61. The summed E-state index contributed by atoms with van der Waals surface area (Å²) < 4.78 is 40.7. The minimum Gasteiger partial charge on any atom is -0.448 e. The van der Waals surface area contributed by atoms with Gasteiger partial charge in [0, 0.05) is 48.5 Å². The normalized spacial score (nSPS) is 19.8. The molecule has 0 radical (unpaired) electrons. The van der Waals surface area contributed by atoms with Gasteiger partial charge in [0.05, 0.1) is 0 Å². The van der Waals surface area contributed by atoms with E-state index in [2.05, 4.69) is 17.6 Å². The van der Waals surface area contributed by atoms with Gasteiger partial charge in [-0.2, -0.15) is 4.31 Å². The highest BCUT2D eigenvalue weighted by molar-refractivity contribution is 7.91. The monoisotopic (exact) mass is 707 g/mol. The first-order valence-corrected chi connectivity index (χ1v) is 18.5. The maximum Gasteiger partial charge on any atom is 0.409 e. The van der Waals surface area contributed by atoms with Gasteiger partial charge in [-0.3, -0.25) is 4.79 Å². The van der Waals surface area contributed by atoms with Crippen molar-refractivity contribution in [3.05, 3.63) is 101 Å². The van der Waals surface area contributed by atoms with Crippen LogP contribution in [-0.2, 0) is 29.1 Å². The fourth-order valence-corrected chi connectivity index (χ4v) is 9.60. The Hall–Kier alpha value is -3.78. The second kappa shape index (κ2) is 14.0. The van der Waals surface area contributed by atoms with Gasteiger partial charge in [-0.1, -0.05) is 72.3 Å². The lowest BCUT2D eigenvalue weighted by Gasteiger charge is -2.38. The van der Waals surface area contributed by atoms with Crippen LogP contribution >= 0.6 is 22.9 Å². The zero-order valence-corrected chi connectivity index (χ0v) is 28.3. The van der Waals surface area contributed by atoms with Gasteiger partial charge in [-0.15, -0.1) is 11.3 Å². The first kappa shape index (κ1) is 32.8. The maximum absolute atomic E-state index is 14.1. The fourth-order valence-electron chi connectivity index (χ4n) is 6.46. The molecular weight excluding hydrogens is 674 g/mol. The van der Waals surface area contributed by atoms with Crippen LogP contribution in [0.25, 0.3) is 21.6 Å². The van der Waals surface area contributed by atoms with Crippen LogP contribution in [0.4, 0.5) is 4.79 Å². The number of hydrogen-bond donors (Lipinski definition) is 1. The van der Waals surface area contributed by atoms with E-state index in [1.165, 1.54) is 11.0 Å². The topological polar surface area (TPSA) is 114 Å². The highest BCUT2D eigenvalue weighted by Gasteiger charge is 2.43. The van der Waals surface area contributed by atoms with Crippen molar-refractivity contribution in [3.63, 3.8) is 0 Å². The van der Waals surface area contributed by atoms with Crippen molar-refractivity contribution in [2.75, 3.05) is 32.8 Å². The Balaban J connectivity index is 1.09. The van der Waals surface area contributed by atoms with Gasteiger partial charge >= 0.3 is 6.09 Å². The van der Waals surface area contributed by atoms with E-state index in [1.807, 2.05) is 48.5 Å². The molecule has 10 nitrogen and oxygen atoms in total. The quantitative estimate of drug-likeness (QED) is 0.215. The Labute approximate surface area is 288 Å². The average Bonchev–Trinajstić information content (AvgIpc) is 3.74. The number of fused-ring (bicyclic) bond motifs is 3. The zero-order valence-electron chi connectivity index (χ0n) is 25.9. The van der Waals surface area contributed by atoms with E-state index in [9.17, 15) is 18.0 Å². The second-order valence-electron chi connectivity index (χ2n) is 11.9. The summed E-state index contributed by atoms with van der Waals surface area (Å²) in [6.45, 7) is 0.327. The van der Waals surface area contributed by atoms with Gasteiger partial charge in [0.15, 0.2) is 6.29 Å². The fraction of sp³-hybridized carbons (Fsp3) is 0.314. The predicted octanol–water partition coefficient (Wildman–Crippen LogP) is 6.27. The third kappa shape index (κ3) is 6.60. The predicted molar refractivity (Wildman–Crippen MR) is 182 cm³/mol. The number of halogens is 1. The first-order chi connectivity index (χ1) is 23.3. The summed E-state index contributed by atoms with van der Waals surface area (Å²) in [6, 6.07) is 25.2. The Morgan fingerprint density at radius 3 is 2.31 bits per heavy atom. The molecule has 3 aliphatic rings. The molecule has 2 fully saturated rings. The highest BCUT2D eigenvalue weighted by atomic mass is 35.5. The molecule has 0 saturated carbocycles. The molecule has 250 valence electrons. The third-order valence-corrected chi connectivity index (χ3v) is 12.7. The lowest BCUT2D eigenvalue weighted by Crippen LogP contribution is -2.61. The van der Waals surface area contributed by atoms with E-state index in [0.29, 0.717) is 18.1 Å². The average molecular weight is 708 g/mol. The van der Waals surface area contributed by atoms with E-state index in [-0.39, 0.29) is 36.4 Å². The molecule has 3 aromatic carbocycles. The Bertz CT molecular complexity index is 1870. The lowest BCUT2D eigenvalue weighted by molar-refractivity contribution is -0.202. The standard InChI is InChI=1S/C35H34ClN3O7S2/c36-24-14-12-23(13-15-24)31-16-17-33(47-31)48(42,43)39-19-18-38(21-30(39)34(40)37-46-32-11-5-6-20-44-32)35(41)45-22-29-27-9-3-1-7-25(27)26-8-2-4-10-28(26)29/h1-4,7-10,12-17,29-30,32H,5-6,11,18-22H2,(H,37,40)/t30-,32?/m1/s1. The second-order valence-corrected chi connectivity index (χ2v) is 15.5. The van der Waals surface area contributed by atoms with Crippen molar-refractivity contribution in [3.8, 4) is 21.6 Å². The molecular formula is C35H34ClN3O7S2. The van der Waals surface area contributed by atoms with Gasteiger partial charge in [-0.25, -0.2) is 23.5 Å². The lowest BCUT2D eigenvalue weighted by atomic mass is 9.98. The molecule has 0 bridgehead atoms. The maximum atomic E-state index is 14.1. The Morgan fingerprint density at radius 1 is 0.917 bits per heavy atom. The molecule has 0 spiro atoms. The van der Waals surface area contributed by atoms with Gasteiger partial charge in [0.1, 0.15) is 16.9 Å². The number of nitrogens with one attached hydrogen (secondary N) is 1. The summed E-state index contributed by atoms with van der Waals surface area (Å²) in [5.74, 6) is -0.835. The molecule has 2 atom stereocenters. The van der Waals surface area contributed by atoms with E-state index < -0.39 is 34.4 Å². The van der Waals surface area contributed by atoms with Crippen LogP contribution in [0, 0.1) is 0 Å². The van der Waals surface area contributed by atoms with Crippen molar-refractivity contribution < 1.29 is 32.3 Å². The Morgan fingerprint density at radius 2 is 1.62 bits per heavy atom. The third-order valence-electron chi connectivity index (χ3n) is 8.93. The van der Waals surface area contributed by atoms with Crippen LogP contribution in [0.15, 0.2) is 89.1 Å². The van der Waals surface area contributed by atoms with Crippen molar-refractivity contribution in [1.29, 1.82) is 0 Å². The number of amides is 2. The van der Waals surface area contributed by atoms with Gasteiger partial charge in [0.2, 0.25) is 0 Å². The smallest absolute Gasteiger partial charge is 0.409 e. The summed E-state index contributed by atoms with van der Waals surface area (Å²) in [7, 11) is -4.14. The largest absolute Gasteiger partial charge is 0.448 e. The number of benzene rings is 3. The van der Waals surface area contributed by atoms with Gasteiger partial charge in [0.25, 0.3) is 15.9 Å². The number of nitrogens with zero attached hydrogens (tertiary/aromatic N) is 2. The van der Waals surface area contributed by atoms with Crippen LogP contribution in [0.5, 0.6) is 0 Å². The molecule has 2 aliphatic heterocycles. The first-order valence-electron chi connectivity index (χ1n) is 15.8. The molecule has 13 heteroatoms. The highest BCUT2D eigenvalue weighted by Crippen LogP contribution is 2.44. The van der Waals surface area contributed by atoms with Crippen molar-refractivity contribution in [2.45, 2.75) is 41.7 Å². The number of thiophene rings is 1. The number of carbonyl (C=O) groups is 2. The number of sulfonamides is 1. The number of rotatable bonds is 8. The number of hydrogen-bond acceptors (Lipinski definition) is 8. The van der Waals surface area contributed by atoms with Crippen LogP contribution in [-0.4, -0.2) is 74.8 Å². The zero-order chi connectivity index (χ0) is 33.3. The SMILES string of the molecule is O=C(NOC1CCCCO1)[C@H]1CN(C(=O)OCC2c3ccccc3-c3ccccc32)CCN1S(=O)(=O)c1ccc(-c2ccc(Cl)cc2)s1. The van der Waals surface area contributed by atoms with Crippen LogP contribution < -0.4 is 5.48 Å². The molecule has 1 aromatic heterocycles. The Kier molecular flexibility index (Phi) is 9.54. The molecule has 1 unspecified atom stereocenters. The van der Waals surface area contributed by atoms with Gasteiger partial charge in [-0.05, 0) is 64.9 Å². The van der Waals surface area contributed by atoms with Crippen molar-refractivity contribution >= 4 is 45.0 Å². The van der Waals surface area contributed by atoms with Gasteiger partial charge < -0.3 is 14.4 Å². The van der Waals surface area contributed by atoms with Crippen LogP contribution in [0.3, 0.4) is 0 Å². The number of carbonyl (C=O) groups excluding carboxylic acids is 2. The number of hydroxylamine groups is 1. The molecule has 7 rings (SSSR count). The molecule has 1 aliphatic carbocycles. The van der Waals surface area contributed by atoms with E-state index >= 15 is 0 Å². The van der Waals surface area contributed by atoms with Crippen LogP contribution in [0.2, 0.25) is 5.02 Å². The summed E-state index contributed by atoms with van der Waals surface area (Å²) in [6.07, 6.45) is 1.13.